The topological polar surface area (TPSA) is 26.3 Å². The Bertz CT molecular complexity index is 382. The number of rotatable bonds is 10. The summed E-state index contributed by atoms with van der Waals surface area (Å²) < 4.78 is 5.96. The Balaban J connectivity index is 4.79. The zero-order valence-corrected chi connectivity index (χ0v) is 17.7. The molecule has 0 saturated heterocycles. The molecule has 0 radical (unpaired) electrons. The van der Waals surface area contributed by atoms with E-state index in [2.05, 4.69) is 47.9 Å². The maximum Gasteiger partial charge on any atom is 0.316 e. The average molecular weight is 343 g/mol. The van der Waals surface area contributed by atoms with E-state index >= 15 is 0 Å². The van der Waals surface area contributed by atoms with Crippen LogP contribution in [0.15, 0.2) is 12.7 Å². The fraction of sp³-hybridized carbons (Fsp3) is 0.850. The Kier molecular flexibility index (Phi) is 9.06. The quantitative estimate of drug-likeness (QED) is 0.269. The summed E-state index contributed by atoms with van der Waals surface area (Å²) in [6.45, 7) is 20.9. The summed E-state index contributed by atoms with van der Waals surface area (Å²) in [6, 6.07) is 0. The molecule has 0 rings (SSSR count). The van der Waals surface area contributed by atoms with Crippen LogP contribution in [0.2, 0.25) is 0 Å². The number of carbonyl (C=O) groups excluding carboxylic acids is 1. The average Bonchev–Trinajstić information content (AvgIpc) is 2.40. The highest BCUT2D eigenvalue weighted by atomic mass is 31.1. The van der Waals surface area contributed by atoms with Gasteiger partial charge in [-0.1, -0.05) is 40.2 Å². The van der Waals surface area contributed by atoms with Gasteiger partial charge in [0.25, 0.3) is 0 Å². The van der Waals surface area contributed by atoms with Crippen LogP contribution >= 0.6 is 8.58 Å². The van der Waals surface area contributed by atoms with Crippen molar-refractivity contribution in [3.05, 3.63) is 12.7 Å². The highest BCUT2D eigenvalue weighted by Crippen LogP contribution is 2.41. The van der Waals surface area contributed by atoms with Gasteiger partial charge in [-0.05, 0) is 64.5 Å². The van der Waals surface area contributed by atoms with Crippen molar-refractivity contribution in [2.24, 2.45) is 11.3 Å². The standard InChI is InChI=1S/C20H39O2P/c1-10-12-16(11-2)13-14-19(6,7)22-17(21)20(8,23-9)15-18(3,4)5/h10,16,23H,1,11-15H2,2-9H3. The molecule has 0 aromatic heterocycles. The van der Waals surface area contributed by atoms with E-state index in [0.717, 1.165) is 32.1 Å². The lowest BCUT2D eigenvalue weighted by atomic mass is 9.84. The van der Waals surface area contributed by atoms with E-state index in [1.807, 2.05) is 19.9 Å². The fourth-order valence-electron chi connectivity index (χ4n) is 3.01. The van der Waals surface area contributed by atoms with Crippen LogP contribution in [0.25, 0.3) is 0 Å². The Hall–Kier alpha value is -0.360. The van der Waals surface area contributed by atoms with Crippen LogP contribution in [0.1, 0.15) is 80.6 Å². The Morgan fingerprint density at radius 3 is 2.17 bits per heavy atom. The lowest BCUT2D eigenvalue weighted by Crippen LogP contribution is -2.41. The number of esters is 1. The highest BCUT2D eigenvalue weighted by molar-refractivity contribution is 7.40. The second-order valence-corrected chi connectivity index (χ2v) is 10.4. The molecule has 3 unspecified atom stereocenters. The van der Waals surface area contributed by atoms with Gasteiger partial charge in [-0.2, -0.15) is 0 Å². The molecule has 0 aliphatic carbocycles. The van der Waals surface area contributed by atoms with Crippen molar-refractivity contribution in [2.75, 3.05) is 6.66 Å². The van der Waals surface area contributed by atoms with Crippen LogP contribution in [0.5, 0.6) is 0 Å². The van der Waals surface area contributed by atoms with Crippen molar-refractivity contribution >= 4 is 14.6 Å². The van der Waals surface area contributed by atoms with E-state index in [4.69, 9.17) is 4.74 Å². The molecule has 0 N–H and O–H groups in total. The van der Waals surface area contributed by atoms with Gasteiger partial charge in [0.15, 0.2) is 0 Å². The molecule has 0 saturated carbocycles. The third-order valence-corrected chi connectivity index (χ3v) is 5.97. The van der Waals surface area contributed by atoms with Crippen molar-refractivity contribution in [1.82, 2.24) is 0 Å². The van der Waals surface area contributed by atoms with Crippen molar-refractivity contribution < 1.29 is 9.53 Å². The monoisotopic (exact) mass is 342 g/mol. The molecule has 0 amide bonds. The highest BCUT2D eigenvalue weighted by Gasteiger charge is 2.39. The summed E-state index contributed by atoms with van der Waals surface area (Å²) in [5.41, 5.74) is -0.275. The first-order valence-corrected chi connectivity index (χ1v) is 10.4. The van der Waals surface area contributed by atoms with Crippen LogP contribution in [-0.4, -0.2) is 23.4 Å². The Labute approximate surface area is 146 Å². The fourth-order valence-corrected chi connectivity index (χ4v) is 3.98. The molecule has 136 valence electrons. The van der Waals surface area contributed by atoms with Gasteiger partial charge in [-0.15, -0.1) is 15.2 Å². The smallest absolute Gasteiger partial charge is 0.316 e. The third-order valence-electron chi connectivity index (χ3n) is 4.49. The first-order valence-electron chi connectivity index (χ1n) is 8.92. The van der Waals surface area contributed by atoms with Gasteiger partial charge in [-0.25, -0.2) is 0 Å². The van der Waals surface area contributed by atoms with Gasteiger partial charge < -0.3 is 4.74 Å². The van der Waals surface area contributed by atoms with Gasteiger partial charge in [0.1, 0.15) is 5.60 Å². The van der Waals surface area contributed by atoms with Crippen LogP contribution < -0.4 is 0 Å². The van der Waals surface area contributed by atoms with Crippen LogP contribution in [0.3, 0.4) is 0 Å². The molecular formula is C20H39O2P. The molecule has 0 aliphatic heterocycles. The zero-order chi connectivity index (χ0) is 18.3. The minimum atomic E-state index is -0.398. The van der Waals surface area contributed by atoms with Gasteiger partial charge in [0.05, 0.1) is 5.16 Å². The molecule has 0 aromatic rings. The number of carbonyl (C=O) groups is 1. The summed E-state index contributed by atoms with van der Waals surface area (Å²) >= 11 is 0. The lowest BCUT2D eigenvalue weighted by molar-refractivity contribution is -0.161. The third kappa shape index (κ3) is 8.89. The molecule has 3 atom stereocenters. The number of ether oxygens (including phenoxy) is 1. The molecular weight excluding hydrogens is 303 g/mol. The van der Waals surface area contributed by atoms with E-state index in [0.29, 0.717) is 14.5 Å². The molecule has 0 bridgehead atoms. The van der Waals surface area contributed by atoms with E-state index in [1.54, 1.807) is 0 Å². The maximum absolute atomic E-state index is 12.8. The summed E-state index contributed by atoms with van der Waals surface area (Å²) in [5.74, 6) is 0.606. The Morgan fingerprint density at radius 1 is 1.22 bits per heavy atom. The summed E-state index contributed by atoms with van der Waals surface area (Å²) in [7, 11) is 0.551. The minimum Gasteiger partial charge on any atom is -0.459 e. The van der Waals surface area contributed by atoms with Crippen molar-refractivity contribution in [3.63, 3.8) is 0 Å². The molecule has 0 aromatic carbocycles. The summed E-state index contributed by atoms with van der Waals surface area (Å²) in [5, 5.41) is -0.374. The molecule has 23 heavy (non-hydrogen) atoms. The van der Waals surface area contributed by atoms with E-state index in [9.17, 15) is 4.79 Å². The molecule has 0 aliphatic rings. The van der Waals surface area contributed by atoms with E-state index < -0.39 is 5.60 Å². The molecule has 0 heterocycles. The summed E-state index contributed by atoms with van der Waals surface area (Å²) in [6.07, 6.45) is 7.02. The normalized spacial score (nSPS) is 17.0. The molecule has 0 spiro atoms. The minimum absolute atomic E-state index is 0.0324. The van der Waals surface area contributed by atoms with Gasteiger partial charge in [0.2, 0.25) is 0 Å². The number of hydrogen-bond donors (Lipinski definition) is 0. The second kappa shape index (κ2) is 9.21. The zero-order valence-electron chi connectivity index (χ0n) is 16.7. The van der Waals surface area contributed by atoms with Crippen molar-refractivity contribution in [1.29, 1.82) is 0 Å². The van der Waals surface area contributed by atoms with Crippen LogP contribution in [0, 0.1) is 11.3 Å². The summed E-state index contributed by atoms with van der Waals surface area (Å²) in [4.78, 5) is 12.8. The maximum atomic E-state index is 12.8. The predicted octanol–water partition coefficient (Wildman–Crippen LogP) is 6.19. The van der Waals surface area contributed by atoms with Crippen molar-refractivity contribution in [3.8, 4) is 0 Å². The molecule has 3 heteroatoms. The first-order chi connectivity index (χ1) is 10.4. The number of hydrogen-bond acceptors (Lipinski definition) is 2. The SMILES string of the molecule is C=CCC(CC)CCC(C)(C)OC(=O)C(C)(CC(C)(C)C)PC. The van der Waals surface area contributed by atoms with Crippen LogP contribution in [-0.2, 0) is 9.53 Å². The Morgan fingerprint density at radius 2 is 1.78 bits per heavy atom. The van der Waals surface area contributed by atoms with E-state index in [1.165, 1.54) is 0 Å². The largest absolute Gasteiger partial charge is 0.459 e. The lowest BCUT2D eigenvalue weighted by Gasteiger charge is -2.36. The van der Waals surface area contributed by atoms with E-state index in [-0.39, 0.29) is 16.5 Å². The van der Waals surface area contributed by atoms with Gasteiger partial charge >= 0.3 is 5.97 Å². The molecule has 2 nitrogen and oxygen atoms in total. The van der Waals surface area contributed by atoms with Crippen LogP contribution in [0.4, 0.5) is 0 Å². The second-order valence-electron chi connectivity index (χ2n) is 8.81. The number of allylic oxidation sites excluding steroid dienone is 1. The molecule has 0 fully saturated rings. The van der Waals surface area contributed by atoms with Gasteiger partial charge in [-0.3, -0.25) is 4.79 Å². The van der Waals surface area contributed by atoms with Gasteiger partial charge in [0, 0.05) is 0 Å². The first kappa shape index (κ1) is 22.6. The van der Waals surface area contributed by atoms with Crippen molar-refractivity contribution in [2.45, 2.75) is 91.3 Å². The predicted molar refractivity (Wildman–Crippen MR) is 105 cm³/mol.